The second-order valence-corrected chi connectivity index (χ2v) is 9.77. The molecule has 1 atom stereocenters. The molecule has 0 saturated carbocycles. The summed E-state index contributed by atoms with van der Waals surface area (Å²) in [4.78, 5) is 18.6. The Balaban J connectivity index is 1.39. The fraction of sp³-hybridized carbons (Fsp3) is 0.429. The van der Waals surface area contributed by atoms with Crippen molar-refractivity contribution in [2.24, 2.45) is 5.41 Å². The van der Waals surface area contributed by atoms with Crippen LogP contribution in [0.2, 0.25) is 0 Å². The van der Waals surface area contributed by atoms with Gasteiger partial charge in [-0.25, -0.2) is 13.2 Å². The monoisotopic (exact) mass is 548 g/mol. The van der Waals surface area contributed by atoms with Crippen molar-refractivity contribution in [1.29, 1.82) is 0 Å². The van der Waals surface area contributed by atoms with Gasteiger partial charge in [-0.2, -0.15) is 0 Å². The normalized spacial score (nSPS) is 16.3. The molecule has 0 bridgehead atoms. The van der Waals surface area contributed by atoms with Crippen LogP contribution in [-0.4, -0.2) is 64.5 Å². The number of carbonyl (C=O) groups is 1. The van der Waals surface area contributed by atoms with Gasteiger partial charge < -0.3 is 24.8 Å². The van der Waals surface area contributed by atoms with Crippen molar-refractivity contribution >= 4 is 16.9 Å². The van der Waals surface area contributed by atoms with Crippen LogP contribution in [0.1, 0.15) is 42.9 Å². The fourth-order valence-electron chi connectivity index (χ4n) is 5.16. The molecule has 210 valence electrons. The summed E-state index contributed by atoms with van der Waals surface area (Å²) in [6.07, 6.45) is 1.45. The van der Waals surface area contributed by atoms with Crippen LogP contribution in [-0.2, 0) is 11.4 Å². The standard InChI is InChI=1S/C28H31F3N2O6/c1-38-19-2-3-23-20(14-19)25(17(16-34)15-32-23)24(35)4-5-28(27(36)37)6-8-33(9-7-28)10-11-39-26-21(30)12-18(29)13-22(26)31/h2-3,12-15,24,34-35H,4-11,16H2,1H3,(H,36,37)/t24-/m0/s1. The number of aromatic nitrogens is 1. The number of fused-ring (bicyclic) bond motifs is 1. The molecule has 3 N–H and O–H groups in total. The van der Waals surface area contributed by atoms with Gasteiger partial charge >= 0.3 is 5.97 Å². The van der Waals surface area contributed by atoms with Gasteiger partial charge in [-0.15, -0.1) is 0 Å². The number of hydrogen-bond donors (Lipinski definition) is 3. The molecule has 0 unspecified atom stereocenters. The predicted molar refractivity (Wildman–Crippen MR) is 136 cm³/mol. The summed E-state index contributed by atoms with van der Waals surface area (Å²) in [5, 5.41) is 31.8. The number of ether oxygens (including phenoxy) is 2. The van der Waals surface area contributed by atoms with Crippen molar-refractivity contribution in [3.8, 4) is 11.5 Å². The van der Waals surface area contributed by atoms with Gasteiger partial charge in [-0.3, -0.25) is 14.7 Å². The highest BCUT2D eigenvalue weighted by Crippen LogP contribution is 2.40. The highest BCUT2D eigenvalue weighted by atomic mass is 19.1. The molecule has 1 aliphatic heterocycles. The third-order valence-electron chi connectivity index (χ3n) is 7.48. The molecule has 11 heteroatoms. The maximum Gasteiger partial charge on any atom is 0.309 e. The van der Waals surface area contributed by atoms with E-state index in [4.69, 9.17) is 9.47 Å². The van der Waals surface area contributed by atoms with Crippen molar-refractivity contribution in [2.75, 3.05) is 33.4 Å². The molecule has 8 nitrogen and oxygen atoms in total. The van der Waals surface area contributed by atoms with Crippen LogP contribution in [0.5, 0.6) is 11.5 Å². The van der Waals surface area contributed by atoms with Gasteiger partial charge in [0.1, 0.15) is 18.2 Å². The first-order valence-electron chi connectivity index (χ1n) is 12.6. The lowest BCUT2D eigenvalue weighted by atomic mass is 9.74. The minimum atomic E-state index is -1.13. The summed E-state index contributed by atoms with van der Waals surface area (Å²) in [6, 6.07) is 6.32. The lowest BCUT2D eigenvalue weighted by Crippen LogP contribution is -2.45. The van der Waals surface area contributed by atoms with Gasteiger partial charge in [-0.1, -0.05) is 0 Å². The first kappa shape index (κ1) is 28.6. The second-order valence-electron chi connectivity index (χ2n) is 9.77. The first-order valence-corrected chi connectivity index (χ1v) is 12.6. The van der Waals surface area contributed by atoms with E-state index in [9.17, 15) is 33.3 Å². The molecular weight excluding hydrogens is 517 g/mol. The molecule has 2 heterocycles. The van der Waals surface area contributed by atoms with E-state index < -0.39 is 40.7 Å². The van der Waals surface area contributed by atoms with Gasteiger partial charge in [0, 0.05) is 35.8 Å². The minimum Gasteiger partial charge on any atom is -0.497 e. The van der Waals surface area contributed by atoms with Crippen molar-refractivity contribution in [1.82, 2.24) is 9.88 Å². The lowest BCUT2D eigenvalue weighted by molar-refractivity contribution is -0.153. The third-order valence-corrected chi connectivity index (χ3v) is 7.48. The molecule has 1 saturated heterocycles. The number of aliphatic hydroxyl groups excluding tert-OH is 2. The Morgan fingerprint density at radius 2 is 1.85 bits per heavy atom. The average Bonchev–Trinajstić information content (AvgIpc) is 2.92. The van der Waals surface area contributed by atoms with Gasteiger partial charge in [0.25, 0.3) is 0 Å². The summed E-state index contributed by atoms with van der Waals surface area (Å²) in [5.74, 6) is -4.32. The molecule has 39 heavy (non-hydrogen) atoms. The largest absolute Gasteiger partial charge is 0.497 e. The Morgan fingerprint density at radius 3 is 2.46 bits per heavy atom. The molecule has 0 radical (unpaired) electrons. The van der Waals surface area contributed by atoms with E-state index in [1.807, 2.05) is 4.90 Å². The molecule has 0 amide bonds. The second kappa shape index (κ2) is 12.2. The van der Waals surface area contributed by atoms with Crippen LogP contribution < -0.4 is 9.47 Å². The molecule has 1 aliphatic rings. The topological polar surface area (TPSA) is 112 Å². The Bertz CT molecular complexity index is 1300. The van der Waals surface area contributed by atoms with Crippen LogP contribution in [0.3, 0.4) is 0 Å². The number of benzene rings is 2. The van der Waals surface area contributed by atoms with Gasteiger partial charge in [0.05, 0.1) is 30.8 Å². The quantitative estimate of drug-likeness (QED) is 0.327. The lowest BCUT2D eigenvalue weighted by Gasteiger charge is -2.39. The number of pyridine rings is 1. The number of likely N-dealkylation sites (tertiary alicyclic amines) is 1. The van der Waals surface area contributed by atoms with Crippen LogP contribution in [0.4, 0.5) is 13.2 Å². The number of carboxylic acids is 1. The molecule has 1 fully saturated rings. The van der Waals surface area contributed by atoms with Crippen LogP contribution in [0, 0.1) is 22.9 Å². The maximum absolute atomic E-state index is 13.8. The number of hydrogen-bond acceptors (Lipinski definition) is 7. The zero-order valence-corrected chi connectivity index (χ0v) is 21.5. The molecule has 3 aromatic rings. The average molecular weight is 549 g/mol. The van der Waals surface area contributed by atoms with E-state index in [1.54, 1.807) is 18.2 Å². The third kappa shape index (κ3) is 6.26. The fourth-order valence-corrected chi connectivity index (χ4v) is 5.16. The van der Waals surface area contributed by atoms with Gasteiger partial charge in [-0.05, 0) is 62.5 Å². The number of halogens is 3. The van der Waals surface area contributed by atoms with Crippen molar-refractivity contribution in [2.45, 2.75) is 38.4 Å². The summed E-state index contributed by atoms with van der Waals surface area (Å²) in [5.41, 5.74) is 0.507. The molecule has 1 aromatic heterocycles. The van der Waals surface area contributed by atoms with E-state index in [-0.39, 0.29) is 26.1 Å². The van der Waals surface area contributed by atoms with E-state index in [0.717, 1.165) is 0 Å². The van der Waals surface area contributed by atoms with Crippen molar-refractivity contribution in [3.63, 3.8) is 0 Å². The van der Waals surface area contributed by atoms with Crippen LogP contribution >= 0.6 is 0 Å². The molecule has 0 aliphatic carbocycles. The van der Waals surface area contributed by atoms with Gasteiger partial charge in [0.15, 0.2) is 17.4 Å². The Hall–Kier alpha value is -3.41. The predicted octanol–water partition coefficient (Wildman–Crippen LogP) is 4.21. The Morgan fingerprint density at radius 1 is 1.15 bits per heavy atom. The van der Waals surface area contributed by atoms with Crippen molar-refractivity contribution in [3.05, 3.63) is 65.1 Å². The molecular formula is C28H31F3N2O6. The highest BCUT2D eigenvalue weighted by molar-refractivity contribution is 5.85. The maximum atomic E-state index is 13.8. The summed E-state index contributed by atoms with van der Waals surface area (Å²) < 4.78 is 51.1. The zero-order valence-electron chi connectivity index (χ0n) is 21.5. The molecule has 4 rings (SSSR count). The number of nitrogens with zero attached hydrogens (tertiary/aromatic N) is 2. The number of carboxylic acid groups (broad SMARTS) is 1. The van der Waals surface area contributed by atoms with Gasteiger partial charge in [0.2, 0.25) is 0 Å². The number of methoxy groups -OCH3 is 1. The minimum absolute atomic E-state index is 0.0548. The summed E-state index contributed by atoms with van der Waals surface area (Å²) in [7, 11) is 1.52. The number of aliphatic hydroxyl groups is 2. The Kier molecular flexibility index (Phi) is 8.94. The number of rotatable bonds is 11. The number of aliphatic carboxylic acids is 1. The zero-order chi connectivity index (χ0) is 28.2. The van der Waals surface area contributed by atoms with E-state index >= 15 is 0 Å². The summed E-state index contributed by atoms with van der Waals surface area (Å²) >= 11 is 0. The van der Waals surface area contributed by atoms with E-state index in [2.05, 4.69) is 4.98 Å². The van der Waals surface area contributed by atoms with Crippen LogP contribution in [0.25, 0.3) is 10.9 Å². The molecule has 2 aromatic carbocycles. The molecule has 0 spiro atoms. The number of piperidine rings is 1. The summed E-state index contributed by atoms with van der Waals surface area (Å²) in [6.45, 7) is 0.744. The van der Waals surface area contributed by atoms with E-state index in [0.29, 0.717) is 72.4 Å². The van der Waals surface area contributed by atoms with Crippen LogP contribution in [0.15, 0.2) is 36.5 Å². The smallest absolute Gasteiger partial charge is 0.309 e. The first-order chi connectivity index (χ1) is 18.7. The van der Waals surface area contributed by atoms with E-state index in [1.165, 1.54) is 13.3 Å². The Labute approximate surface area is 223 Å². The highest BCUT2D eigenvalue weighted by Gasteiger charge is 2.41. The van der Waals surface area contributed by atoms with Crippen molar-refractivity contribution < 1.29 is 42.8 Å². The SMILES string of the molecule is COc1ccc2ncc(CO)c([C@@H](O)CCC3(C(=O)O)CCN(CCOc4c(F)cc(F)cc4F)CC3)c2c1.